The van der Waals surface area contributed by atoms with Crippen LogP contribution in [0.1, 0.15) is 107 Å². The molecular weight excluding hydrogens is 472 g/mol. The maximum atomic E-state index is 13.0. The van der Waals surface area contributed by atoms with Crippen LogP contribution in [0.5, 0.6) is 5.75 Å². The van der Waals surface area contributed by atoms with Gasteiger partial charge < -0.3 is 4.74 Å². The predicted octanol–water partition coefficient (Wildman–Crippen LogP) is 7.43. The summed E-state index contributed by atoms with van der Waals surface area (Å²) >= 11 is 6.41. The van der Waals surface area contributed by atoms with E-state index < -0.39 is 0 Å². The number of hydrogen-bond acceptors (Lipinski definition) is 3. The van der Waals surface area contributed by atoms with E-state index >= 15 is 0 Å². The first kappa shape index (κ1) is 29.8. The monoisotopic (exact) mass is 515 g/mol. The fourth-order valence-electron chi connectivity index (χ4n) is 4.24. The Bertz CT molecular complexity index is 948. The SMILES string of the molecule is CCCCCCCCCCCCCCOc1ccc(C(=O)N(Cc2cccc[n+]2C)C(C)=O)cc1Cl. The third-order valence-corrected chi connectivity index (χ3v) is 6.84. The minimum atomic E-state index is -0.374. The van der Waals surface area contributed by atoms with Gasteiger partial charge in [-0.25, -0.2) is 4.57 Å². The second-order valence-corrected chi connectivity index (χ2v) is 10.0. The second kappa shape index (κ2) is 17.1. The van der Waals surface area contributed by atoms with Crippen molar-refractivity contribution in [3.8, 4) is 5.75 Å². The molecule has 2 rings (SSSR count). The Kier molecular flexibility index (Phi) is 14.2. The van der Waals surface area contributed by atoms with Crippen molar-refractivity contribution < 1.29 is 18.9 Å². The van der Waals surface area contributed by atoms with Gasteiger partial charge in [-0.05, 0) is 24.6 Å². The largest absolute Gasteiger partial charge is 0.492 e. The summed E-state index contributed by atoms with van der Waals surface area (Å²) in [6, 6.07) is 10.7. The molecule has 0 aliphatic rings. The van der Waals surface area contributed by atoms with Gasteiger partial charge in [0.2, 0.25) is 11.6 Å². The highest BCUT2D eigenvalue weighted by molar-refractivity contribution is 6.32. The van der Waals surface area contributed by atoms with E-state index in [-0.39, 0.29) is 18.4 Å². The number of benzene rings is 1. The Morgan fingerprint density at radius 2 is 1.50 bits per heavy atom. The van der Waals surface area contributed by atoms with Crippen molar-refractivity contribution in [2.45, 2.75) is 97.4 Å². The molecule has 1 aromatic carbocycles. The quantitative estimate of drug-likeness (QED) is 0.162. The lowest BCUT2D eigenvalue weighted by molar-refractivity contribution is -0.679. The second-order valence-electron chi connectivity index (χ2n) is 9.60. The van der Waals surface area contributed by atoms with E-state index in [1.54, 1.807) is 18.2 Å². The van der Waals surface area contributed by atoms with Crippen LogP contribution in [-0.4, -0.2) is 23.3 Å². The molecule has 0 aliphatic carbocycles. The number of carbonyl (C=O) groups is 2. The molecule has 0 fully saturated rings. The molecule has 2 amide bonds. The molecule has 1 aromatic heterocycles. The Morgan fingerprint density at radius 3 is 2.06 bits per heavy atom. The number of ether oxygens (including phenoxy) is 1. The van der Waals surface area contributed by atoms with E-state index in [0.717, 1.165) is 18.5 Å². The molecule has 0 N–H and O–H groups in total. The number of amides is 2. The van der Waals surface area contributed by atoms with Crippen molar-refractivity contribution in [1.29, 1.82) is 0 Å². The highest BCUT2D eigenvalue weighted by Crippen LogP contribution is 2.26. The summed E-state index contributed by atoms with van der Waals surface area (Å²) in [5.74, 6) is -0.117. The fraction of sp³-hybridized carbons (Fsp3) is 0.567. The van der Waals surface area contributed by atoms with Crippen LogP contribution in [0.2, 0.25) is 5.02 Å². The van der Waals surface area contributed by atoms with Gasteiger partial charge in [0.1, 0.15) is 19.3 Å². The molecule has 5 nitrogen and oxygen atoms in total. The summed E-state index contributed by atoms with van der Waals surface area (Å²) in [6.07, 6.45) is 17.5. The van der Waals surface area contributed by atoms with Gasteiger partial charge in [-0.3, -0.25) is 14.5 Å². The Balaban J connectivity index is 1.71. The van der Waals surface area contributed by atoms with Crippen LogP contribution in [0.25, 0.3) is 0 Å². The first-order chi connectivity index (χ1) is 17.4. The van der Waals surface area contributed by atoms with Gasteiger partial charge in [0, 0.05) is 24.6 Å². The fourth-order valence-corrected chi connectivity index (χ4v) is 4.48. The summed E-state index contributed by atoms with van der Waals surface area (Å²) < 4.78 is 7.75. The van der Waals surface area contributed by atoms with E-state index in [1.807, 2.05) is 36.0 Å². The van der Waals surface area contributed by atoms with E-state index in [0.29, 0.717) is 22.9 Å². The number of nitrogens with zero attached hydrogens (tertiary/aromatic N) is 2. The van der Waals surface area contributed by atoms with E-state index in [4.69, 9.17) is 16.3 Å². The van der Waals surface area contributed by atoms with Gasteiger partial charge in [0.25, 0.3) is 5.91 Å². The van der Waals surface area contributed by atoms with Crippen LogP contribution in [0.4, 0.5) is 0 Å². The average molecular weight is 516 g/mol. The minimum absolute atomic E-state index is 0.195. The zero-order valence-corrected chi connectivity index (χ0v) is 23.2. The number of halogens is 1. The van der Waals surface area contributed by atoms with Crippen molar-refractivity contribution in [2.24, 2.45) is 7.05 Å². The first-order valence-electron chi connectivity index (χ1n) is 13.6. The van der Waals surface area contributed by atoms with Gasteiger partial charge in [0.15, 0.2) is 6.20 Å². The minimum Gasteiger partial charge on any atom is -0.492 e. The smallest absolute Gasteiger partial charge is 0.261 e. The average Bonchev–Trinajstić information content (AvgIpc) is 2.86. The van der Waals surface area contributed by atoms with E-state index in [1.165, 1.54) is 76.0 Å². The number of unbranched alkanes of at least 4 members (excludes halogenated alkanes) is 11. The Hall–Kier alpha value is -2.40. The van der Waals surface area contributed by atoms with E-state index in [9.17, 15) is 9.59 Å². The van der Waals surface area contributed by atoms with Gasteiger partial charge in [-0.1, -0.05) is 95.2 Å². The molecule has 0 radical (unpaired) electrons. The molecule has 0 unspecified atom stereocenters. The lowest BCUT2D eigenvalue weighted by Gasteiger charge is -2.18. The van der Waals surface area contributed by atoms with Crippen molar-refractivity contribution >= 4 is 23.4 Å². The normalized spacial score (nSPS) is 10.9. The first-order valence-corrected chi connectivity index (χ1v) is 14.0. The molecule has 2 aromatic rings. The van der Waals surface area contributed by atoms with E-state index in [2.05, 4.69) is 6.92 Å². The highest BCUT2D eigenvalue weighted by atomic mass is 35.5. The molecule has 6 heteroatoms. The number of rotatable bonds is 17. The van der Waals surface area contributed by atoms with Crippen LogP contribution >= 0.6 is 11.6 Å². The summed E-state index contributed by atoms with van der Waals surface area (Å²) in [7, 11) is 1.89. The third-order valence-electron chi connectivity index (χ3n) is 6.54. The molecule has 0 bridgehead atoms. The topological polar surface area (TPSA) is 50.5 Å². The van der Waals surface area contributed by atoms with Crippen molar-refractivity contribution in [1.82, 2.24) is 4.90 Å². The van der Waals surface area contributed by atoms with Crippen LogP contribution in [0.3, 0.4) is 0 Å². The zero-order chi connectivity index (χ0) is 26.2. The van der Waals surface area contributed by atoms with Crippen molar-refractivity contribution in [3.05, 3.63) is 58.9 Å². The van der Waals surface area contributed by atoms with Crippen LogP contribution < -0.4 is 9.30 Å². The number of aryl methyl sites for hydroxylation is 1. The summed E-state index contributed by atoms with van der Waals surface area (Å²) in [4.78, 5) is 26.5. The van der Waals surface area contributed by atoms with Crippen LogP contribution in [0.15, 0.2) is 42.6 Å². The molecule has 0 spiro atoms. The third kappa shape index (κ3) is 10.7. The number of imide groups is 1. The maximum Gasteiger partial charge on any atom is 0.261 e. The molecule has 0 saturated carbocycles. The van der Waals surface area contributed by atoms with Gasteiger partial charge in [-0.2, -0.15) is 0 Å². The molecular formula is C30H44ClN2O3+. The lowest BCUT2D eigenvalue weighted by Crippen LogP contribution is -2.41. The zero-order valence-electron chi connectivity index (χ0n) is 22.4. The van der Waals surface area contributed by atoms with Crippen molar-refractivity contribution in [3.63, 3.8) is 0 Å². The van der Waals surface area contributed by atoms with Crippen LogP contribution in [-0.2, 0) is 18.4 Å². The number of pyridine rings is 1. The number of aromatic nitrogens is 1. The number of carbonyl (C=O) groups excluding carboxylic acids is 2. The predicted molar refractivity (Wildman–Crippen MR) is 146 cm³/mol. The van der Waals surface area contributed by atoms with Crippen LogP contribution in [0, 0.1) is 0 Å². The standard InChI is InChI=1S/C30H44ClN2O3/c1-4-5-6-7-8-9-10-11-12-13-14-17-22-36-29-20-19-26(23-28(29)31)30(35)33(25(2)34)24-27-18-15-16-21-32(27)3/h15-16,18-21,23H,4-14,17,22,24H2,1-3H3/q+1. The molecule has 198 valence electrons. The van der Waals surface area contributed by atoms with Crippen molar-refractivity contribution in [2.75, 3.05) is 6.61 Å². The maximum absolute atomic E-state index is 13.0. The highest BCUT2D eigenvalue weighted by Gasteiger charge is 2.24. The van der Waals surface area contributed by atoms with Gasteiger partial charge >= 0.3 is 0 Å². The molecule has 0 saturated heterocycles. The Morgan fingerprint density at radius 1 is 0.889 bits per heavy atom. The lowest BCUT2D eigenvalue weighted by atomic mass is 10.1. The van der Waals surface area contributed by atoms with Gasteiger partial charge in [-0.15, -0.1) is 0 Å². The molecule has 1 heterocycles. The molecule has 0 aliphatic heterocycles. The summed E-state index contributed by atoms with van der Waals surface area (Å²) in [5.41, 5.74) is 1.22. The summed E-state index contributed by atoms with van der Waals surface area (Å²) in [5, 5.41) is 0.383. The number of hydrogen-bond donors (Lipinski definition) is 0. The van der Waals surface area contributed by atoms with Gasteiger partial charge in [0.05, 0.1) is 11.6 Å². The Labute approximate surface area is 222 Å². The molecule has 36 heavy (non-hydrogen) atoms. The molecule has 0 atom stereocenters. The summed E-state index contributed by atoms with van der Waals surface area (Å²) in [6.45, 7) is 4.46.